The predicted molar refractivity (Wildman–Crippen MR) is 453 cm³/mol. The fourth-order valence-corrected chi connectivity index (χ4v) is 16.8. The van der Waals surface area contributed by atoms with E-state index in [-0.39, 0.29) is 25.7 Å². The molecule has 3 aliphatic rings. The van der Waals surface area contributed by atoms with E-state index in [0.29, 0.717) is 44.4 Å². The molecule has 1 aliphatic carbocycles. The van der Waals surface area contributed by atoms with Crippen LogP contribution in [0.5, 0.6) is 0 Å². The summed E-state index contributed by atoms with van der Waals surface area (Å²) in [4.78, 5) is 66.5. The molecule has 26 heteroatoms. The van der Waals surface area contributed by atoms with E-state index in [2.05, 4.69) is 46.8 Å². The van der Waals surface area contributed by atoms with Crippen molar-refractivity contribution in [1.82, 2.24) is 0 Å². The number of carbonyl (C=O) groups is 4. The lowest BCUT2D eigenvalue weighted by molar-refractivity contribution is -0.360. The van der Waals surface area contributed by atoms with Crippen molar-refractivity contribution in [3.05, 3.63) is 12.2 Å². The highest BCUT2D eigenvalue weighted by atomic mass is 31.2. The van der Waals surface area contributed by atoms with E-state index in [1.165, 1.54) is 186 Å². The minimum atomic E-state index is -5.81. The van der Waals surface area contributed by atoms with E-state index in [4.69, 9.17) is 46.9 Å². The molecule has 688 valence electrons. The molecule has 0 radical (unpaired) electrons. The molecule has 2 saturated heterocycles. The van der Waals surface area contributed by atoms with Gasteiger partial charge in [-0.1, -0.05) is 342 Å². The highest BCUT2D eigenvalue weighted by Crippen LogP contribution is 2.49. The van der Waals surface area contributed by atoms with Crippen molar-refractivity contribution in [2.24, 2.45) is 5.92 Å². The summed E-state index contributed by atoms with van der Waals surface area (Å²) in [5.74, 6) is -2.35. The number of esters is 4. The van der Waals surface area contributed by atoms with Crippen molar-refractivity contribution < 1.29 is 122 Å². The number of phosphoric acid groups is 1. The molecule has 0 aromatic carbocycles. The fraction of sp³-hybridized carbons (Fsp3) is 0.934. The molecule has 2 heterocycles. The molecule has 1 saturated carbocycles. The maximum Gasteiger partial charge on any atom is 0.472 e. The molecule has 117 heavy (non-hydrogen) atoms. The van der Waals surface area contributed by atoms with Crippen LogP contribution in [0.1, 0.15) is 407 Å². The summed E-state index contributed by atoms with van der Waals surface area (Å²) < 4.78 is 73.4. The normalized spacial score (nSPS) is 25.3. The molecule has 10 N–H and O–H groups in total. The van der Waals surface area contributed by atoms with Gasteiger partial charge in [0.25, 0.3) is 0 Å². The van der Waals surface area contributed by atoms with Crippen LogP contribution in [0, 0.1) is 5.92 Å². The van der Waals surface area contributed by atoms with Gasteiger partial charge in [0.2, 0.25) is 0 Å². The second-order valence-corrected chi connectivity index (χ2v) is 35.6. The zero-order chi connectivity index (χ0) is 85.5. The van der Waals surface area contributed by atoms with Crippen LogP contribution >= 0.6 is 7.82 Å². The number of hydrogen-bond acceptors (Lipinski definition) is 24. The van der Waals surface area contributed by atoms with Crippen LogP contribution < -0.4 is 0 Å². The Labute approximate surface area is 705 Å². The number of aliphatic hydroxyl groups excluding tert-OH is 9. The second kappa shape index (κ2) is 69.5. The maximum atomic E-state index is 14.9. The third-order valence-corrected chi connectivity index (χ3v) is 24.4. The van der Waals surface area contributed by atoms with E-state index in [9.17, 15) is 74.6 Å². The molecule has 0 spiro atoms. The lowest BCUT2D eigenvalue weighted by atomic mass is 9.84. The van der Waals surface area contributed by atoms with Gasteiger partial charge in [-0.2, -0.15) is 0 Å². The van der Waals surface area contributed by atoms with Crippen molar-refractivity contribution in [3.8, 4) is 0 Å². The van der Waals surface area contributed by atoms with Crippen molar-refractivity contribution in [1.29, 1.82) is 0 Å². The van der Waals surface area contributed by atoms with E-state index in [1.54, 1.807) is 0 Å². The van der Waals surface area contributed by atoms with Crippen LogP contribution in [0.4, 0.5) is 0 Å². The molecular weight excluding hydrogens is 1520 g/mol. The molecule has 19 unspecified atom stereocenters. The first kappa shape index (κ1) is 108. The molecule has 0 aromatic rings. The Balaban J connectivity index is 1.92. The van der Waals surface area contributed by atoms with E-state index >= 15 is 0 Å². The summed E-state index contributed by atoms with van der Waals surface area (Å²) in [5.41, 5.74) is 0. The van der Waals surface area contributed by atoms with Crippen LogP contribution in [0.15, 0.2) is 12.2 Å². The van der Waals surface area contributed by atoms with Crippen LogP contribution in [-0.4, -0.2) is 205 Å². The summed E-state index contributed by atoms with van der Waals surface area (Å²) in [6.07, 6.45) is 26.5. The summed E-state index contributed by atoms with van der Waals surface area (Å²) in [6, 6.07) is 0. The van der Waals surface area contributed by atoms with Crippen molar-refractivity contribution in [2.45, 2.75) is 511 Å². The van der Waals surface area contributed by atoms with Crippen LogP contribution in [0.25, 0.3) is 0 Å². The van der Waals surface area contributed by atoms with Crippen LogP contribution in [0.3, 0.4) is 0 Å². The topological polar surface area (TPSA) is 380 Å². The SMILES string of the molecule is CCCCCCCC/C=C\CCCCCC(=O)OC(COC(=O)CCCCCCCCCCCCCCC)COP(=O)(O)OC1C(OC2OC(CO)C(O)C(O)C2O)C(O)C(O)C(OC(=O)CCCCCCCCC(C)CCCCCCCC)C1OC1OC(COC(=O)CCCCCCCCCCCCCCCCCC)C(O)C(O)C1O. The predicted octanol–water partition coefficient (Wildman–Crippen LogP) is 17.4. The average molecular weight is 1690 g/mol. The first-order valence-electron chi connectivity index (χ1n) is 47.3. The molecule has 0 amide bonds. The van der Waals surface area contributed by atoms with Gasteiger partial charge < -0.3 is 88.7 Å². The first-order chi connectivity index (χ1) is 56.6. The highest BCUT2D eigenvalue weighted by molar-refractivity contribution is 7.47. The molecule has 0 aromatic heterocycles. The Morgan fingerprint density at radius 1 is 0.359 bits per heavy atom. The van der Waals surface area contributed by atoms with Gasteiger partial charge in [0, 0.05) is 25.7 Å². The van der Waals surface area contributed by atoms with Gasteiger partial charge in [-0.25, -0.2) is 4.57 Å². The van der Waals surface area contributed by atoms with Crippen molar-refractivity contribution in [2.75, 3.05) is 26.4 Å². The van der Waals surface area contributed by atoms with E-state index in [1.807, 2.05) is 0 Å². The molecule has 25 nitrogen and oxygen atoms in total. The second-order valence-electron chi connectivity index (χ2n) is 34.2. The van der Waals surface area contributed by atoms with Gasteiger partial charge in [0.15, 0.2) is 24.8 Å². The van der Waals surface area contributed by atoms with Gasteiger partial charge in [-0.05, 0) is 57.3 Å². The fourth-order valence-electron chi connectivity index (χ4n) is 15.8. The van der Waals surface area contributed by atoms with Gasteiger partial charge in [-0.15, -0.1) is 0 Å². The number of aliphatic hydroxyl groups is 9. The van der Waals surface area contributed by atoms with Crippen LogP contribution in [0.2, 0.25) is 0 Å². The number of phosphoric ester groups is 1. The van der Waals surface area contributed by atoms with Crippen molar-refractivity contribution >= 4 is 31.7 Å². The minimum Gasteiger partial charge on any atom is -0.463 e. The Bertz CT molecular complexity index is 2500. The molecule has 2 aliphatic heterocycles. The smallest absolute Gasteiger partial charge is 0.463 e. The Morgan fingerprint density at radius 2 is 0.692 bits per heavy atom. The van der Waals surface area contributed by atoms with Crippen LogP contribution in [-0.2, 0) is 70.7 Å². The number of rotatable bonds is 76. The number of carbonyl (C=O) groups excluding carboxylic acids is 4. The van der Waals surface area contributed by atoms with E-state index < -0.39 is 162 Å². The molecule has 3 fully saturated rings. The quantitative estimate of drug-likeness (QED) is 0.00889. The highest BCUT2D eigenvalue weighted by Gasteiger charge is 2.60. The molecule has 3 rings (SSSR count). The van der Waals surface area contributed by atoms with Gasteiger partial charge in [0.1, 0.15) is 92.6 Å². The van der Waals surface area contributed by atoms with Crippen molar-refractivity contribution in [3.63, 3.8) is 0 Å². The Hall–Kier alpha value is -2.79. The number of hydrogen-bond donors (Lipinski definition) is 10. The first-order valence-corrected chi connectivity index (χ1v) is 48.8. The molecular formula is C91H169O25P. The third-order valence-electron chi connectivity index (χ3n) is 23.4. The monoisotopic (exact) mass is 1690 g/mol. The average Bonchev–Trinajstić information content (AvgIpc) is 0.754. The van der Waals surface area contributed by atoms with Gasteiger partial charge in [0.05, 0.1) is 13.2 Å². The van der Waals surface area contributed by atoms with Gasteiger partial charge in [-0.3, -0.25) is 28.2 Å². The zero-order valence-electron chi connectivity index (χ0n) is 73.4. The number of allylic oxidation sites excluding steroid dienone is 2. The molecule has 19 atom stereocenters. The third kappa shape index (κ3) is 50.1. The van der Waals surface area contributed by atoms with Gasteiger partial charge >= 0.3 is 31.7 Å². The zero-order valence-corrected chi connectivity index (χ0v) is 74.3. The molecule has 0 bridgehead atoms. The minimum absolute atomic E-state index is 0.0180. The maximum absolute atomic E-state index is 14.9. The number of unbranched alkanes of at least 4 members (excludes halogenated alkanes) is 46. The Kier molecular flexibility index (Phi) is 64.4. The summed E-state index contributed by atoms with van der Waals surface area (Å²) in [5, 5.41) is 102. The van der Waals surface area contributed by atoms with E-state index in [0.717, 1.165) is 122 Å². The summed E-state index contributed by atoms with van der Waals surface area (Å²) >= 11 is 0. The lowest BCUT2D eigenvalue weighted by Gasteiger charge is -2.50. The lowest BCUT2D eigenvalue weighted by Crippen LogP contribution is -2.70. The standard InChI is InChI=1S/C91H169O25P/c1-6-10-14-18-22-25-28-31-32-33-36-38-41-44-51-57-63-75(94)108-69-73-79(98)81(100)85(104)91(112-73)115-88-86(113-77(96)65-59-53-47-46-49-55-61-70(5)60-54-48-21-17-13-9-4)82(101)83(102)87(114-90-84(103)80(99)78(97)72(66-92)111-90)89(88)116-117(105,106)109-68-71(110-76(95)64-58-52-45-42-39-35-30-27-24-20-16-12-8-3)67-107-74(93)62-56-50-43-40-37-34-29-26-23-19-15-11-7-2/h35,39,70-73,78-92,97-104H,6-34,36-38,40-69H2,1-5H3,(H,105,106)/b39-35-. The largest absolute Gasteiger partial charge is 0.472 e. The summed E-state index contributed by atoms with van der Waals surface area (Å²) in [7, 11) is -5.81. The summed E-state index contributed by atoms with van der Waals surface area (Å²) in [6.45, 7) is 7.89. The Morgan fingerprint density at radius 3 is 1.11 bits per heavy atom. The number of ether oxygens (including phenoxy) is 8.